The summed E-state index contributed by atoms with van der Waals surface area (Å²) in [5, 5.41) is 0.527. The summed E-state index contributed by atoms with van der Waals surface area (Å²) in [6.07, 6.45) is -4.49. The SMILES string of the molecule is Cc1c(Br)ccc2c(N)cc(C(F)(F)F)nc12. The molecular weight excluding hydrogens is 297 g/mol. The third-order valence-corrected chi connectivity index (χ3v) is 3.35. The molecule has 0 atom stereocenters. The zero-order valence-corrected chi connectivity index (χ0v) is 10.4. The number of halogens is 4. The molecular formula is C11H8BrF3N2. The monoisotopic (exact) mass is 304 g/mol. The molecule has 0 unspecified atom stereocenters. The van der Waals surface area contributed by atoms with Crippen molar-refractivity contribution in [1.29, 1.82) is 0 Å². The van der Waals surface area contributed by atoms with Crippen molar-refractivity contribution in [3.05, 3.63) is 33.9 Å². The average Bonchev–Trinajstić information content (AvgIpc) is 2.22. The molecule has 6 heteroatoms. The van der Waals surface area contributed by atoms with Crippen LogP contribution < -0.4 is 5.73 Å². The number of nitrogens with two attached hydrogens (primary N) is 1. The molecule has 2 rings (SSSR count). The highest BCUT2D eigenvalue weighted by molar-refractivity contribution is 9.10. The molecule has 0 saturated heterocycles. The van der Waals surface area contributed by atoms with E-state index in [1.54, 1.807) is 19.1 Å². The maximum absolute atomic E-state index is 12.6. The van der Waals surface area contributed by atoms with E-state index in [-0.39, 0.29) is 11.2 Å². The van der Waals surface area contributed by atoms with Crippen LogP contribution in [0.4, 0.5) is 18.9 Å². The molecule has 1 heterocycles. The molecule has 0 amide bonds. The highest BCUT2D eigenvalue weighted by atomic mass is 79.9. The molecule has 0 aliphatic rings. The topological polar surface area (TPSA) is 38.9 Å². The van der Waals surface area contributed by atoms with Gasteiger partial charge < -0.3 is 5.73 Å². The van der Waals surface area contributed by atoms with E-state index in [9.17, 15) is 13.2 Å². The van der Waals surface area contributed by atoms with E-state index in [0.717, 1.165) is 6.07 Å². The van der Waals surface area contributed by atoms with Gasteiger partial charge >= 0.3 is 6.18 Å². The van der Waals surface area contributed by atoms with Crippen molar-refractivity contribution in [1.82, 2.24) is 4.98 Å². The third-order valence-electron chi connectivity index (χ3n) is 2.49. The molecule has 0 saturated carbocycles. The van der Waals surface area contributed by atoms with Gasteiger partial charge in [-0.05, 0) is 30.7 Å². The van der Waals surface area contributed by atoms with Crippen molar-refractivity contribution in [2.24, 2.45) is 0 Å². The van der Waals surface area contributed by atoms with Gasteiger partial charge in [0.05, 0.1) is 5.52 Å². The minimum atomic E-state index is -4.49. The second-order valence-electron chi connectivity index (χ2n) is 3.66. The number of aromatic nitrogens is 1. The van der Waals surface area contributed by atoms with E-state index in [1.165, 1.54) is 0 Å². The molecule has 0 aliphatic heterocycles. The van der Waals surface area contributed by atoms with Gasteiger partial charge in [0.15, 0.2) is 0 Å². The summed E-state index contributed by atoms with van der Waals surface area (Å²) in [6.45, 7) is 1.69. The number of benzene rings is 1. The van der Waals surface area contributed by atoms with Gasteiger partial charge in [0, 0.05) is 15.5 Å². The Kier molecular flexibility index (Phi) is 2.77. The summed E-state index contributed by atoms with van der Waals surface area (Å²) in [6, 6.07) is 4.24. The lowest BCUT2D eigenvalue weighted by Crippen LogP contribution is -2.09. The Morgan fingerprint density at radius 3 is 2.53 bits per heavy atom. The Hall–Kier alpha value is -1.30. The summed E-state index contributed by atoms with van der Waals surface area (Å²) in [4.78, 5) is 3.63. The van der Waals surface area contributed by atoms with Gasteiger partial charge in [0.2, 0.25) is 0 Å². The molecule has 2 N–H and O–H groups in total. The molecule has 90 valence electrons. The molecule has 0 spiro atoms. The summed E-state index contributed by atoms with van der Waals surface area (Å²) in [7, 11) is 0. The van der Waals surface area contributed by atoms with E-state index in [2.05, 4.69) is 20.9 Å². The standard InChI is InChI=1S/C11H8BrF3N2/c1-5-7(12)3-2-6-8(16)4-9(11(13,14)15)17-10(5)6/h2-4H,1H3,(H2,16,17). The Morgan fingerprint density at radius 1 is 1.29 bits per heavy atom. The van der Waals surface area contributed by atoms with Crippen molar-refractivity contribution in [2.75, 3.05) is 5.73 Å². The maximum Gasteiger partial charge on any atom is 0.433 e. The molecule has 2 nitrogen and oxygen atoms in total. The summed E-state index contributed by atoms with van der Waals surface area (Å²) < 4.78 is 38.5. The van der Waals surface area contributed by atoms with Crippen molar-refractivity contribution < 1.29 is 13.2 Å². The van der Waals surface area contributed by atoms with Crippen molar-refractivity contribution in [3.8, 4) is 0 Å². The summed E-state index contributed by atoms with van der Waals surface area (Å²) in [5.41, 5.74) is 5.64. The zero-order chi connectivity index (χ0) is 12.8. The quantitative estimate of drug-likeness (QED) is 0.801. The second-order valence-corrected chi connectivity index (χ2v) is 4.52. The number of rotatable bonds is 0. The van der Waals surface area contributed by atoms with E-state index in [1.807, 2.05) is 0 Å². The highest BCUT2D eigenvalue weighted by Gasteiger charge is 2.33. The van der Waals surface area contributed by atoms with Gasteiger partial charge in [-0.15, -0.1) is 0 Å². The first kappa shape index (κ1) is 12.2. The number of anilines is 1. The number of fused-ring (bicyclic) bond motifs is 1. The van der Waals surface area contributed by atoms with E-state index in [0.29, 0.717) is 15.4 Å². The van der Waals surface area contributed by atoms with Gasteiger partial charge in [0.25, 0.3) is 0 Å². The Balaban J connectivity index is 2.84. The van der Waals surface area contributed by atoms with Gasteiger partial charge in [-0.1, -0.05) is 15.9 Å². The molecule has 0 fully saturated rings. The van der Waals surface area contributed by atoms with Crippen LogP contribution in [0.2, 0.25) is 0 Å². The first-order chi connectivity index (χ1) is 7.80. The van der Waals surface area contributed by atoms with E-state index in [4.69, 9.17) is 5.73 Å². The van der Waals surface area contributed by atoms with Gasteiger partial charge in [-0.25, -0.2) is 4.98 Å². The molecule has 17 heavy (non-hydrogen) atoms. The number of nitrogens with zero attached hydrogens (tertiary/aromatic N) is 1. The fourth-order valence-electron chi connectivity index (χ4n) is 1.58. The van der Waals surface area contributed by atoms with Crippen molar-refractivity contribution in [3.63, 3.8) is 0 Å². The number of alkyl halides is 3. The molecule has 0 aliphatic carbocycles. The molecule has 2 aromatic rings. The Morgan fingerprint density at radius 2 is 1.94 bits per heavy atom. The van der Waals surface area contributed by atoms with Crippen LogP contribution in [0.25, 0.3) is 10.9 Å². The summed E-state index contributed by atoms with van der Waals surface area (Å²) in [5.74, 6) is 0. The fourth-order valence-corrected chi connectivity index (χ4v) is 1.90. The van der Waals surface area contributed by atoms with E-state index < -0.39 is 11.9 Å². The van der Waals surface area contributed by atoms with Crippen LogP contribution >= 0.6 is 15.9 Å². The van der Waals surface area contributed by atoms with Crippen LogP contribution in [-0.4, -0.2) is 4.98 Å². The third kappa shape index (κ3) is 2.09. The smallest absolute Gasteiger partial charge is 0.398 e. The predicted octanol–water partition coefficient (Wildman–Crippen LogP) is 3.91. The Bertz CT molecular complexity index is 593. The van der Waals surface area contributed by atoms with Gasteiger partial charge in [-0.2, -0.15) is 13.2 Å². The number of pyridine rings is 1. The zero-order valence-electron chi connectivity index (χ0n) is 8.77. The summed E-state index contributed by atoms with van der Waals surface area (Å²) >= 11 is 3.25. The minimum absolute atomic E-state index is 0.0814. The predicted molar refractivity (Wildman–Crippen MR) is 63.6 cm³/mol. The Labute approximate surface area is 104 Å². The number of aryl methyl sites for hydroxylation is 1. The van der Waals surface area contributed by atoms with Crippen LogP contribution in [-0.2, 0) is 6.18 Å². The van der Waals surface area contributed by atoms with Crippen LogP contribution in [0.15, 0.2) is 22.7 Å². The van der Waals surface area contributed by atoms with Crippen LogP contribution in [0, 0.1) is 6.92 Å². The second kappa shape index (κ2) is 3.87. The number of hydrogen-bond donors (Lipinski definition) is 1. The fraction of sp³-hybridized carbons (Fsp3) is 0.182. The lowest BCUT2D eigenvalue weighted by atomic mass is 10.1. The maximum atomic E-state index is 12.6. The largest absolute Gasteiger partial charge is 0.433 e. The molecule has 1 aromatic heterocycles. The lowest BCUT2D eigenvalue weighted by Gasteiger charge is -2.11. The lowest BCUT2D eigenvalue weighted by molar-refractivity contribution is -0.140. The minimum Gasteiger partial charge on any atom is -0.398 e. The van der Waals surface area contributed by atoms with E-state index >= 15 is 0 Å². The number of nitrogen functional groups attached to an aromatic ring is 1. The van der Waals surface area contributed by atoms with Crippen LogP contribution in [0.3, 0.4) is 0 Å². The molecule has 1 aromatic carbocycles. The first-order valence-electron chi connectivity index (χ1n) is 4.73. The highest BCUT2D eigenvalue weighted by Crippen LogP contribution is 2.34. The van der Waals surface area contributed by atoms with Crippen LogP contribution in [0.5, 0.6) is 0 Å². The normalized spacial score (nSPS) is 12.1. The molecule has 0 bridgehead atoms. The number of hydrogen-bond acceptors (Lipinski definition) is 2. The average molecular weight is 305 g/mol. The van der Waals surface area contributed by atoms with Crippen molar-refractivity contribution >= 4 is 32.5 Å². The molecule has 0 radical (unpaired) electrons. The van der Waals surface area contributed by atoms with Gasteiger partial charge in [0.1, 0.15) is 5.69 Å². The first-order valence-corrected chi connectivity index (χ1v) is 5.52. The van der Waals surface area contributed by atoms with Gasteiger partial charge in [-0.3, -0.25) is 0 Å². The van der Waals surface area contributed by atoms with Crippen LogP contribution in [0.1, 0.15) is 11.3 Å². The van der Waals surface area contributed by atoms with Crippen molar-refractivity contribution in [2.45, 2.75) is 13.1 Å².